The van der Waals surface area contributed by atoms with Gasteiger partial charge >= 0.3 is 0 Å². The van der Waals surface area contributed by atoms with E-state index in [0.29, 0.717) is 6.54 Å². The molecule has 0 saturated carbocycles. The summed E-state index contributed by atoms with van der Waals surface area (Å²) in [7, 11) is 1.97. The molecule has 4 heteroatoms. The van der Waals surface area contributed by atoms with E-state index in [1.54, 1.807) is 11.3 Å². The first-order valence-electron chi connectivity index (χ1n) is 7.04. The van der Waals surface area contributed by atoms with E-state index in [1.807, 2.05) is 31.9 Å². The maximum absolute atomic E-state index is 12.2. The predicted octanol–water partition coefficient (Wildman–Crippen LogP) is 3.74. The first-order valence-corrected chi connectivity index (χ1v) is 7.92. The van der Waals surface area contributed by atoms with Crippen molar-refractivity contribution in [1.29, 1.82) is 0 Å². The molecule has 1 N–H and O–H groups in total. The Kier molecular flexibility index (Phi) is 5.15. The molecule has 2 aromatic rings. The van der Waals surface area contributed by atoms with Gasteiger partial charge in [0.15, 0.2) is 0 Å². The Bertz CT molecular complexity index is 597. The third-order valence-electron chi connectivity index (χ3n) is 3.36. The van der Waals surface area contributed by atoms with Crippen LogP contribution in [0.2, 0.25) is 0 Å². The second-order valence-electron chi connectivity index (χ2n) is 5.57. The van der Waals surface area contributed by atoms with Gasteiger partial charge in [0.2, 0.25) is 5.91 Å². The van der Waals surface area contributed by atoms with Crippen molar-refractivity contribution in [2.24, 2.45) is 0 Å². The quantitative estimate of drug-likeness (QED) is 0.912. The third kappa shape index (κ3) is 4.41. The van der Waals surface area contributed by atoms with Crippen LogP contribution in [0.4, 0.5) is 5.69 Å². The molecule has 0 fully saturated rings. The summed E-state index contributed by atoms with van der Waals surface area (Å²) in [5, 5.41) is 5.10. The summed E-state index contributed by atoms with van der Waals surface area (Å²) < 4.78 is 0. The highest BCUT2D eigenvalue weighted by Gasteiger charge is 2.11. The molecule has 0 aliphatic heterocycles. The van der Waals surface area contributed by atoms with Crippen LogP contribution in [0.25, 0.3) is 0 Å². The number of carbonyl (C=O) groups excluding carboxylic acids is 1. The molecule has 0 aliphatic rings. The standard InChI is InChI=1S/C17H22N2OS/c1-12-8-13(2)17(14(3)9-12)18-16(20)11-19(4)10-15-6-5-7-21-15/h5-9H,10-11H2,1-4H3,(H,18,20). The van der Waals surface area contributed by atoms with Gasteiger partial charge in [0.1, 0.15) is 0 Å². The fraction of sp³-hybridized carbons (Fsp3) is 0.353. The Morgan fingerprint density at radius 1 is 1.24 bits per heavy atom. The number of amides is 1. The van der Waals surface area contributed by atoms with Gasteiger partial charge in [-0.1, -0.05) is 23.8 Å². The minimum Gasteiger partial charge on any atom is -0.324 e. The maximum atomic E-state index is 12.2. The van der Waals surface area contributed by atoms with Gasteiger partial charge in [-0.2, -0.15) is 0 Å². The van der Waals surface area contributed by atoms with Crippen molar-refractivity contribution in [2.75, 3.05) is 18.9 Å². The third-order valence-corrected chi connectivity index (χ3v) is 4.22. The van der Waals surface area contributed by atoms with Gasteiger partial charge in [-0.25, -0.2) is 0 Å². The zero-order valence-electron chi connectivity index (χ0n) is 13.1. The van der Waals surface area contributed by atoms with Crippen LogP contribution in [0.15, 0.2) is 29.6 Å². The molecule has 3 nitrogen and oxygen atoms in total. The average Bonchev–Trinajstić information content (AvgIpc) is 2.86. The summed E-state index contributed by atoms with van der Waals surface area (Å²) in [5.74, 6) is 0.0316. The predicted molar refractivity (Wildman–Crippen MR) is 89.9 cm³/mol. The van der Waals surface area contributed by atoms with Gasteiger partial charge in [0, 0.05) is 17.1 Å². The highest BCUT2D eigenvalue weighted by atomic mass is 32.1. The molecule has 0 saturated heterocycles. The Hall–Kier alpha value is -1.65. The lowest BCUT2D eigenvalue weighted by Gasteiger charge is -2.17. The molecule has 0 aliphatic carbocycles. The van der Waals surface area contributed by atoms with Crippen molar-refractivity contribution >= 4 is 22.9 Å². The van der Waals surface area contributed by atoms with Crippen molar-refractivity contribution in [3.8, 4) is 0 Å². The van der Waals surface area contributed by atoms with Gasteiger partial charge in [-0.15, -0.1) is 11.3 Å². The van der Waals surface area contributed by atoms with E-state index in [-0.39, 0.29) is 5.91 Å². The first-order chi connectivity index (χ1) is 9.95. The second-order valence-corrected chi connectivity index (χ2v) is 6.61. The molecule has 0 unspecified atom stereocenters. The molecular weight excluding hydrogens is 280 g/mol. The molecule has 0 spiro atoms. The molecule has 1 aromatic heterocycles. The van der Waals surface area contributed by atoms with E-state index in [9.17, 15) is 4.79 Å². The molecule has 1 aromatic carbocycles. The highest BCUT2D eigenvalue weighted by molar-refractivity contribution is 7.09. The van der Waals surface area contributed by atoms with Crippen LogP contribution in [0, 0.1) is 20.8 Å². The monoisotopic (exact) mass is 302 g/mol. The molecular formula is C17H22N2OS. The first kappa shape index (κ1) is 15.7. The number of thiophene rings is 1. The number of hydrogen-bond acceptors (Lipinski definition) is 3. The number of hydrogen-bond donors (Lipinski definition) is 1. The van der Waals surface area contributed by atoms with Crippen LogP contribution in [0.5, 0.6) is 0 Å². The Labute approximate surface area is 130 Å². The molecule has 2 rings (SSSR count). The number of benzene rings is 1. The smallest absolute Gasteiger partial charge is 0.238 e. The number of nitrogens with zero attached hydrogens (tertiary/aromatic N) is 1. The van der Waals surface area contributed by atoms with Crippen molar-refractivity contribution in [2.45, 2.75) is 27.3 Å². The molecule has 1 amide bonds. The van der Waals surface area contributed by atoms with Crippen LogP contribution in [-0.2, 0) is 11.3 Å². The van der Waals surface area contributed by atoms with Crippen LogP contribution in [0.1, 0.15) is 21.6 Å². The highest BCUT2D eigenvalue weighted by Crippen LogP contribution is 2.21. The lowest BCUT2D eigenvalue weighted by molar-refractivity contribution is -0.117. The topological polar surface area (TPSA) is 32.3 Å². The fourth-order valence-electron chi connectivity index (χ4n) is 2.53. The summed E-state index contributed by atoms with van der Waals surface area (Å²) >= 11 is 1.72. The Balaban J connectivity index is 1.95. The zero-order valence-corrected chi connectivity index (χ0v) is 13.9. The molecule has 0 atom stereocenters. The van der Waals surface area contributed by atoms with Crippen molar-refractivity contribution in [1.82, 2.24) is 4.90 Å². The SMILES string of the molecule is Cc1cc(C)c(NC(=O)CN(C)Cc2cccs2)c(C)c1. The summed E-state index contributed by atoms with van der Waals surface area (Å²) in [6.07, 6.45) is 0. The number of nitrogens with one attached hydrogen (secondary N) is 1. The van der Waals surface area contributed by atoms with Crippen molar-refractivity contribution in [3.63, 3.8) is 0 Å². The second kappa shape index (κ2) is 6.87. The average molecular weight is 302 g/mol. The van der Waals surface area contributed by atoms with Crippen LogP contribution in [-0.4, -0.2) is 24.4 Å². The Morgan fingerprint density at radius 3 is 2.48 bits per heavy atom. The molecule has 21 heavy (non-hydrogen) atoms. The zero-order chi connectivity index (χ0) is 15.4. The fourth-order valence-corrected chi connectivity index (χ4v) is 3.31. The van der Waals surface area contributed by atoms with Gasteiger partial charge < -0.3 is 5.32 Å². The van der Waals surface area contributed by atoms with Crippen molar-refractivity contribution < 1.29 is 4.79 Å². The molecule has 0 radical (unpaired) electrons. The molecule has 0 bridgehead atoms. The van der Waals surface area contributed by atoms with Gasteiger partial charge in [-0.3, -0.25) is 9.69 Å². The normalized spacial score (nSPS) is 10.9. The van der Waals surface area contributed by atoms with E-state index in [1.165, 1.54) is 10.4 Å². The number of likely N-dealkylation sites (N-methyl/N-ethyl adjacent to an activating group) is 1. The number of rotatable bonds is 5. The minimum atomic E-state index is 0.0316. The molecule has 112 valence electrons. The van der Waals surface area contributed by atoms with Crippen LogP contribution >= 0.6 is 11.3 Å². The number of aryl methyl sites for hydroxylation is 3. The van der Waals surface area contributed by atoms with E-state index in [0.717, 1.165) is 23.4 Å². The van der Waals surface area contributed by atoms with Gasteiger partial charge in [-0.05, 0) is 50.4 Å². The molecule has 1 heterocycles. The minimum absolute atomic E-state index is 0.0316. The van der Waals surface area contributed by atoms with E-state index >= 15 is 0 Å². The number of carbonyl (C=O) groups is 1. The van der Waals surface area contributed by atoms with Crippen molar-refractivity contribution in [3.05, 3.63) is 51.2 Å². The summed E-state index contributed by atoms with van der Waals surface area (Å²) in [6, 6.07) is 8.32. The summed E-state index contributed by atoms with van der Waals surface area (Å²) in [4.78, 5) is 15.5. The van der Waals surface area contributed by atoms with Crippen LogP contribution < -0.4 is 5.32 Å². The van der Waals surface area contributed by atoms with E-state index in [2.05, 4.69) is 35.8 Å². The Morgan fingerprint density at radius 2 is 1.90 bits per heavy atom. The van der Waals surface area contributed by atoms with E-state index < -0.39 is 0 Å². The van der Waals surface area contributed by atoms with Crippen LogP contribution in [0.3, 0.4) is 0 Å². The lowest BCUT2D eigenvalue weighted by atomic mass is 10.1. The van der Waals surface area contributed by atoms with E-state index in [4.69, 9.17) is 0 Å². The lowest BCUT2D eigenvalue weighted by Crippen LogP contribution is -2.30. The largest absolute Gasteiger partial charge is 0.324 e. The summed E-state index contributed by atoms with van der Waals surface area (Å²) in [5.41, 5.74) is 4.39. The van der Waals surface area contributed by atoms with Gasteiger partial charge in [0.25, 0.3) is 0 Å². The maximum Gasteiger partial charge on any atom is 0.238 e. The number of anilines is 1. The summed E-state index contributed by atoms with van der Waals surface area (Å²) in [6.45, 7) is 7.33. The van der Waals surface area contributed by atoms with Gasteiger partial charge in [0.05, 0.1) is 6.54 Å².